The van der Waals surface area contributed by atoms with Gasteiger partial charge in [-0.25, -0.2) is 0 Å². The zero-order valence-electron chi connectivity index (χ0n) is 10.8. The van der Waals surface area contributed by atoms with Gasteiger partial charge in [0.2, 0.25) is 0 Å². The van der Waals surface area contributed by atoms with Gasteiger partial charge in [-0.3, -0.25) is 4.68 Å². The number of rotatable bonds is 4. The molecule has 1 aromatic rings. The minimum absolute atomic E-state index is 0.399. The summed E-state index contributed by atoms with van der Waals surface area (Å²) in [5, 5.41) is 7.82. The van der Waals surface area contributed by atoms with E-state index in [1.165, 1.54) is 18.4 Å². The summed E-state index contributed by atoms with van der Waals surface area (Å²) in [6.07, 6.45) is 6.73. The second kappa shape index (κ2) is 4.21. The first-order valence-electron chi connectivity index (χ1n) is 6.35. The van der Waals surface area contributed by atoms with Crippen molar-refractivity contribution < 1.29 is 0 Å². The van der Waals surface area contributed by atoms with Gasteiger partial charge >= 0.3 is 0 Å². The normalized spacial score (nSPS) is 33.8. The largest absolute Gasteiger partial charge is 0.316 e. The Morgan fingerprint density at radius 3 is 2.81 bits per heavy atom. The number of aromatic nitrogens is 2. The van der Waals surface area contributed by atoms with Crippen LogP contribution in [0.5, 0.6) is 0 Å². The van der Waals surface area contributed by atoms with E-state index in [-0.39, 0.29) is 0 Å². The molecule has 1 aliphatic rings. The van der Waals surface area contributed by atoms with E-state index in [1.807, 2.05) is 10.9 Å². The van der Waals surface area contributed by atoms with Gasteiger partial charge in [0.15, 0.2) is 0 Å². The Balaban J connectivity index is 2.17. The van der Waals surface area contributed by atoms with Crippen molar-refractivity contribution in [3.63, 3.8) is 0 Å². The van der Waals surface area contributed by atoms with Gasteiger partial charge in [-0.05, 0) is 43.7 Å². The fourth-order valence-corrected chi connectivity index (χ4v) is 3.05. The average molecular weight is 221 g/mol. The van der Waals surface area contributed by atoms with Crippen molar-refractivity contribution in [2.24, 2.45) is 5.41 Å². The van der Waals surface area contributed by atoms with E-state index in [0.29, 0.717) is 17.4 Å². The van der Waals surface area contributed by atoms with E-state index in [0.717, 1.165) is 6.54 Å². The van der Waals surface area contributed by atoms with Gasteiger partial charge in [-0.1, -0.05) is 13.8 Å². The number of hydrogen-bond donors (Lipinski definition) is 1. The van der Waals surface area contributed by atoms with E-state index >= 15 is 0 Å². The highest BCUT2D eigenvalue weighted by Crippen LogP contribution is 2.54. The van der Waals surface area contributed by atoms with Crippen molar-refractivity contribution >= 4 is 0 Å². The lowest BCUT2D eigenvalue weighted by molar-refractivity contribution is 0.0494. The zero-order chi connectivity index (χ0) is 11.8. The van der Waals surface area contributed by atoms with Crippen LogP contribution in [0.2, 0.25) is 0 Å². The minimum atomic E-state index is 0.399. The maximum Gasteiger partial charge on any atom is 0.0524 e. The van der Waals surface area contributed by atoms with E-state index in [2.05, 4.69) is 44.4 Å². The van der Waals surface area contributed by atoms with Gasteiger partial charge in [0, 0.05) is 18.8 Å². The molecule has 1 N–H and O–H groups in total. The van der Waals surface area contributed by atoms with Crippen LogP contribution in [0.15, 0.2) is 12.4 Å². The molecule has 0 aromatic carbocycles. The zero-order valence-corrected chi connectivity index (χ0v) is 10.8. The molecule has 0 bridgehead atoms. The van der Waals surface area contributed by atoms with E-state index in [4.69, 9.17) is 0 Å². The molecule has 90 valence electrons. The molecule has 1 aromatic heterocycles. The van der Waals surface area contributed by atoms with Crippen molar-refractivity contribution in [1.82, 2.24) is 15.1 Å². The van der Waals surface area contributed by atoms with Gasteiger partial charge in [0.05, 0.1) is 6.20 Å². The third-order valence-electron chi connectivity index (χ3n) is 4.55. The molecule has 0 radical (unpaired) electrons. The molecule has 3 nitrogen and oxygen atoms in total. The first kappa shape index (κ1) is 11.6. The van der Waals surface area contributed by atoms with Crippen LogP contribution in [-0.2, 0) is 6.54 Å². The second-order valence-corrected chi connectivity index (χ2v) is 5.12. The van der Waals surface area contributed by atoms with Gasteiger partial charge in [-0.2, -0.15) is 5.10 Å². The molecule has 0 amide bonds. The maximum atomic E-state index is 4.38. The Bertz CT molecular complexity index is 358. The summed E-state index contributed by atoms with van der Waals surface area (Å²) in [6, 6.07) is 0.660. The molecule has 1 heterocycles. The number of nitrogens with one attached hydrogen (secondary N) is 1. The van der Waals surface area contributed by atoms with Crippen molar-refractivity contribution in [3.05, 3.63) is 18.0 Å². The van der Waals surface area contributed by atoms with Crippen LogP contribution in [0.4, 0.5) is 0 Å². The van der Waals surface area contributed by atoms with Gasteiger partial charge in [0.1, 0.15) is 0 Å². The summed E-state index contributed by atoms with van der Waals surface area (Å²) >= 11 is 0. The lowest BCUT2D eigenvalue weighted by Crippen LogP contribution is -2.55. The van der Waals surface area contributed by atoms with E-state index < -0.39 is 0 Å². The van der Waals surface area contributed by atoms with Crippen LogP contribution in [0.1, 0.15) is 45.1 Å². The third-order valence-corrected chi connectivity index (χ3v) is 4.55. The molecule has 3 unspecified atom stereocenters. The highest BCUT2D eigenvalue weighted by Gasteiger charge is 2.50. The van der Waals surface area contributed by atoms with Crippen molar-refractivity contribution in [3.8, 4) is 0 Å². The fraction of sp³-hybridized carbons (Fsp3) is 0.769. The molecular weight excluding hydrogens is 198 g/mol. The molecular formula is C13H23N3. The molecule has 1 saturated carbocycles. The van der Waals surface area contributed by atoms with E-state index in [9.17, 15) is 0 Å². The predicted molar refractivity (Wildman–Crippen MR) is 66.5 cm³/mol. The number of hydrogen-bond acceptors (Lipinski definition) is 2. The molecule has 3 heteroatoms. The highest BCUT2D eigenvalue weighted by molar-refractivity contribution is 5.23. The Kier molecular flexibility index (Phi) is 3.06. The van der Waals surface area contributed by atoms with Gasteiger partial charge in [-0.15, -0.1) is 0 Å². The second-order valence-electron chi connectivity index (χ2n) is 5.12. The van der Waals surface area contributed by atoms with Crippen LogP contribution < -0.4 is 5.32 Å². The van der Waals surface area contributed by atoms with Crippen LogP contribution in [-0.4, -0.2) is 22.9 Å². The Morgan fingerprint density at radius 1 is 1.56 bits per heavy atom. The van der Waals surface area contributed by atoms with Crippen molar-refractivity contribution in [2.45, 2.75) is 52.1 Å². The Labute approximate surface area is 98.2 Å². The van der Waals surface area contributed by atoms with Crippen molar-refractivity contribution in [1.29, 1.82) is 0 Å². The van der Waals surface area contributed by atoms with Gasteiger partial charge < -0.3 is 5.32 Å². The topological polar surface area (TPSA) is 29.9 Å². The maximum absolute atomic E-state index is 4.38. The average Bonchev–Trinajstić information content (AvgIpc) is 2.75. The predicted octanol–water partition coefficient (Wildman–Crippen LogP) is 2.39. The van der Waals surface area contributed by atoms with E-state index in [1.54, 1.807) is 0 Å². The number of aryl methyl sites for hydroxylation is 1. The Hall–Kier alpha value is -0.830. The summed E-state index contributed by atoms with van der Waals surface area (Å²) in [4.78, 5) is 0. The van der Waals surface area contributed by atoms with Gasteiger partial charge in [0.25, 0.3) is 0 Å². The minimum Gasteiger partial charge on any atom is -0.316 e. The SMILES string of the molecule is CCn1cc(C2CC(NC)C2(C)CC)cn1. The standard InChI is InChI=1S/C13H23N3/c1-5-13(3)11(7-12(13)14-4)10-8-15-16(6-2)9-10/h8-9,11-12,14H,5-7H2,1-4H3. The summed E-state index contributed by atoms with van der Waals surface area (Å²) < 4.78 is 2.03. The van der Waals surface area contributed by atoms with Crippen LogP contribution in [0, 0.1) is 5.41 Å². The molecule has 0 spiro atoms. The fourth-order valence-electron chi connectivity index (χ4n) is 3.05. The third kappa shape index (κ3) is 1.58. The van der Waals surface area contributed by atoms with Crippen LogP contribution in [0.3, 0.4) is 0 Å². The first-order chi connectivity index (χ1) is 7.65. The molecule has 1 aliphatic carbocycles. The first-order valence-corrected chi connectivity index (χ1v) is 6.35. The smallest absolute Gasteiger partial charge is 0.0524 e. The summed E-state index contributed by atoms with van der Waals surface area (Å²) in [6.45, 7) is 7.78. The van der Waals surface area contributed by atoms with Crippen LogP contribution in [0.25, 0.3) is 0 Å². The molecule has 0 aliphatic heterocycles. The molecule has 1 fully saturated rings. The summed E-state index contributed by atoms with van der Waals surface area (Å²) in [7, 11) is 2.07. The monoisotopic (exact) mass is 221 g/mol. The molecule has 2 rings (SSSR count). The van der Waals surface area contributed by atoms with Crippen molar-refractivity contribution in [2.75, 3.05) is 7.05 Å². The lowest BCUT2D eigenvalue weighted by Gasteiger charge is -2.54. The summed E-state index contributed by atoms with van der Waals surface area (Å²) in [5.41, 5.74) is 1.81. The highest BCUT2D eigenvalue weighted by atomic mass is 15.3. The van der Waals surface area contributed by atoms with Crippen LogP contribution >= 0.6 is 0 Å². The molecule has 0 saturated heterocycles. The number of nitrogens with zero attached hydrogens (tertiary/aromatic N) is 2. The quantitative estimate of drug-likeness (QED) is 0.846. The molecule has 3 atom stereocenters. The lowest BCUT2D eigenvalue weighted by atomic mass is 9.54. The molecule has 16 heavy (non-hydrogen) atoms. The summed E-state index contributed by atoms with van der Waals surface area (Å²) in [5.74, 6) is 0.676. The Morgan fingerprint density at radius 2 is 2.31 bits per heavy atom.